The highest BCUT2D eigenvalue weighted by atomic mass is 19.1. The van der Waals surface area contributed by atoms with Crippen molar-refractivity contribution in [2.24, 2.45) is 5.73 Å². The van der Waals surface area contributed by atoms with Gasteiger partial charge in [0.2, 0.25) is 0 Å². The number of amides is 1. The molecule has 110 valence electrons. The van der Waals surface area contributed by atoms with E-state index >= 15 is 0 Å². The number of nitrogens with zero attached hydrogens (tertiary/aromatic N) is 1. The number of hydrogen-bond donors (Lipinski definition) is 1. The summed E-state index contributed by atoms with van der Waals surface area (Å²) in [7, 11) is 0. The summed E-state index contributed by atoms with van der Waals surface area (Å²) in [6.07, 6.45) is 0. The highest BCUT2D eigenvalue weighted by Gasteiger charge is 2.40. The first kappa shape index (κ1) is 14.7. The van der Waals surface area contributed by atoms with Gasteiger partial charge in [0.05, 0.1) is 18.9 Å². The molecule has 2 rings (SSSR count). The minimum absolute atomic E-state index is 0.216. The van der Waals surface area contributed by atoms with Crippen LogP contribution in [-0.4, -0.2) is 37.8 Å². The summed E-state index contributed by atoms with van der Waals surface area (Å²) >= 11 is 0. The number of carbonyl (C=O) groups excluding carboxylic acids is 1. The van der Waals surface area contributed by atoms with Crippen LogP contribution in [0, 0.1) is 5.82 Å². The molecular formula is C14H19FN2O3. The molecule has 1 aliphatic heterocycles. The van der Waals surface area contributed by atoms with E-state index in [4.69, 9.17) is 15.2 Å². The maximum absolute atomic E-state index is 13.4. The van der Waals surface area contributed by atoms with Gasteiger partial charge in [-0.05, 0) is 26.0 Å². The van der Waals surface area contributed by atoms with Crippen molar-refractivity contribution in [3.8, 4) is 5.75 Å². The first-order valence-electron chi connectivity index (χ1n) is 6.54. The summed E-state index contributed by atoms with van der Waals surface area (Å²) in [5.41, 5.74) is 4.80. The largest absolute Gasteiger partial charge is 0.476 e. The SMILES string of the molecule is CC1(C)Oc2ccc(F)cc2N(CCOCCN)C1=O. The lowest BCUT2D eigenvalue weighted by molar-refractivity contribution is -0.132. The van der Waals surface area contributed by atoms with Crippen LogP contribution in [0.2, 0.25) is 0 Å². The van der Waals surface area contributed by atoms with Gasteiger partial charge in [-0.3, -0.25) is 4.79 Å². The molecule has 5 nitrogen and oxygen atoms in total. The van der Waals surface area contributed by atoms with Crippen LogP contribution in [-0.2, 0) is 9.53 Å². The van der Waals surface area contributed by atoms with Gasteiger partial charge < -0.3 is 20.1 Å². The molecule has 1 aliphatic rings. The second-order valence-corrected chi connectivity index (χ2v) is 5.08. The van der Waals surface area contributed by atoms with Crippen molar-refractivity contribution in [1.29, 1.82) is 0 Å². The summed E-state index contributed by atoms with van der Waals surface area (Å²) < 4.78 is 24.3. The molecule has 0 spiro atoms. The summed E-state index contributed by atoms with van der Waals surface area (Å²) in [4.78, 5) is 13.9. The minimum Gasteiger partial charge on any atom is -0.476 e. The Morgan fingerprint density at radius 3 is 2.85 bits per heavy atom. The van der Waals surface area contributed by atoms with Crippen molar-refractivity contribution in [3.05, 3.63) is 24.0 Å². The highest BCUT2D eigenvalue weighted by molar-refractivity contribution is 6.02. The number of rotatable bonds is 5. The van der Waals surface area contributed by atoms with Gasteiger partial charge in [-0.1, -0.05) is 0 Å². The summed E-state index contributed by atoms with van der Waals surface area (Å²) in [6.45, 7) is 4.91. The second-order valence-electron chi connectivity index (χ2n) is 5.08. The zero-order valence-electron chi connectivity index (χ0n) is 11.7. The van der Waals surface area contributed by atoms with E-state index in [2.05, 4.69) is 0 Å². The number of halogens is 1. The maximum atomic E-state index is 13.4. The van der Waals surface area contributed by atoms with Crippen LogP contribution in [0.4, 0.5) is 10.1 Å². The molecule has 20 heavy (non-hydrogen) atoms. The molecule has 0 saturated heterocycles. The molecule has 0 aliphatic carbocycles. The molecular weight excluding hydrogens is 263 g/mol. The molecule has 0 radical (unpaired) electrons. The third-order valence-corrected chi connectivity index (χ3v) is 3.06. The smallest absolute Gasteiger partial charge is 0.270 e. The normalized spacial score (nSPS) is 16.8. The van der Waals surface area contributed by atoms with E-state index in [1.54, 1.807) is 13.8 Å². The van der Waals surface area contributed by atoms with E-state index in [-0.39, 0.29) is 5.91 Å². The van der Waals surface area contributed by atoms with Gasteiger partial charge in [0.25, 0.3) is 5.91 Å². The third kappa shape index (κ3) is 2.91. The molecule has 0 atom stereocenters. The van der Waals surface area contributed by atoms with Crippen LogP contribution in [0.1, 0.15) is 13.8 Å². The van der Waals surface area contributed by atoms with Gasteiger partial charge in [-0.2, -0.15) is 0 Å². The van der Waals surface area contributed by atoms with Crippen LogP contribution in [0.25, 0.3) is 0 Å². The molecule has 6 heteroatoms. The Balaban J connectivity index is 2.23. The fraction of sp³-hybridized carbons (Fsp3) is 0.500. The Morgan fingerprint density at radius 2 is 2.15 bits per heavy atom. The first-order valence-corrected chi connectivity index (χ1v) is 6.54. The molecule has 1 heterocycles. The van der Waals surface area contributed by atoms with Gasteiger partial charge >= 0.3 is 0 Å². The van der Waals surface area contributed by atoms with Crippen molar-refractivity contribution in [2.75, 3.05) is 31.2 Å². The number of carbonyl (C=O) groups is 1. The zero-order chi connectivity index (χ0) is 14.8. The molecule has 0 unspecified atom stereocenters. The van der Waals surface area contributed by atoms with Crippen molar-refractivity contribution < 1.29 is 18.7 Å². The van der Waals surface area contributed by atoms with Gasteiger partial charge in [-0.25, -0.2) is 4.39 Å². The van der Waals surface area contributed by atoms with Crippen molar-refractivity contribution in [3.63, 3.8) is 0 Å². The fourth-order valence-corrected chi connectivity index (χ4v) is 2.10. The molecule has 1 amide bonds. The Hall–Kier alpha value is -1.66. The van der Waals surface area contributed by atoms with Crippen LogP contribution in [0.3, 0.4) is 0 Å². The van der Waals surface area contributed by atoms with Gasteiger partial charge in [0.15, 0.2) is 5.60 Å². The van der Waals surface area contributed by atoms with E-state index in [9.17, 15) is 9.18 Å². The Labute approximate surface area is 117 Å². The molecule has 0 bridgehead atoms. The van der Waals surface area contributed by atoms with Crippen molar-refractivity contribution in [1.82, 2.24) is 0 Å². The Morgan fingerprint density at radius 1 is 1.40 bits per heavy atom. The molecule has 0 aromatic heterocycles. The lowest BCUT2D eigenvalue weighted by Crippen LogP contribution is -2.53. The molecule has 0 fully saturated rings. The van der Waals surface area contributed by atoms with E-state index in [1.165, 1.54) is 23.1 Å². The van der Waals surface area contributed by atoms with Crippen LogP contribution >= 0.6 is 0 Å². The fourth-order valence-electron chi connectivity index (χ4n) is 2.10. The average molecular weight is 282 g/mol. The number of anilines is 1. The van der Waals surface area contributed by atoms with E-state index in [0.29, 0.717) is 37.7 Å². The average Bonchev–Trinajstić information content (AvgIpc) is 2.39. The first-order chi connectivity index (χ1) is 9.45. The number of benzene rings is 1. The molecule has 2 N–H and O–H groups in total. The molecule has 0 saturated carbocycles. The standard InChI is InChI=1S/C14H19FN2O3/c1-14(2)13(18)17(6-8-19-7-5-16)11-9-10(15)3-4-12(11)20-14/h3-4,9H,5-8,16H2,1-2H3. The van der Waals surface area contributed by atoms with Gasteiger partial charge in [-0.15, -0.1) is 0 Å². The predicted octanol–water partition coefficient (Wildman–Crippen LogP) is 1.30. The van der Waals surface area contributed by atoms with E-state index in [0.717, 1.165) is 0 Å². The van der Waals surface area contributed by atoms with Gasteiger partial charge in [0, 0.05) is 19.2 Å². The highest BCUT2D eigenvalue weighted by Crippen LogP contribution is 2.37. The van der Waals surface area contributed by atoms with Gasteiger partial charge in [0.1, 0.15) is 11.6 Å². The predicted molar refractivity (Wildman–Crippen MR) is 73.3 cm³/mol. The monoisotopic (exact) mass is 282 g/mol. The van der Waals surface area contributed by atoms with E-state index < -0.39 is 11.4 Å². The molecule has 1 aromatic rings. The summed E-state index contributed by atoms with van der Waals surface area (Å²) in [5.74, 6) is -0.130. The number of ether oxygens (including phenoxy) is 2. The van der Waals surface area contributed by atoms with Crippen LogP contribution < -0.4 is 15.4 Å². The third-order valence-electron chi connectivity index (χ3n) is 3.06. The van der Waals surface area contributed by atoms with Crippen LogP contribution in [0.5, 0.6) is 5.75 Å². The van der Waals surface area contributed by atoms with Crippen molar-refractivity contribution in [2.45, 2.75) is 19.4 Å². The number of fused-ring (bicyclic) bond motifs is 1. The maximum Gasteiger partial charge on any atom is 0.270 e. The Bertz CT molecular complexity index is 505. The summed E-state index contributed by atoms with van der Waals surface area (Å²) in [6, 6.07) is 4.14. The zero-order valence-corrected chi connectivity index (χ0v) is 11.7. The van der Waals surface area contributed by atoms with E-state index in [1.807, 2.05) is 0 Å². The van der Waals surface area contributed by atoms with Crippen molar-refractivity contribution >= 4 is 11.6 Å². The Kier molecular flexibility index (Phi) is 4.25. The number of nitrogens with two attached hydrogens (primary N) is 1. The lowest BCUT2D eigenvalue weighted by atomic mass is 10.0. The van der Waals surface area contributed by atoms with Crippen LogP contribution in [0.15, 0.2) is 18.2 Å². The number of hydrogen-bond acceptors (Lipinski definition) is 4. The topological polar surface area (TPSA) is 64.8 Å². The second kappa shape index (κ2) is 5.76. The lowest BCUT2D eigenvalue weighted by Gasteiger charge is -2.38. The quantitative estimate of drug-likeness (QED) is 0.827. The minimum atomic E-state index is -0.974. The summed E-state index contributed by atoms with van der Waals surface area (Å²) in [5, 5.41) is 0. The molecule has 1 aromatic carbocycles.